The minimum absolute atomic E-state index is 0.154. The second-order valence-electron chi connectivity index (χ2n) is 5.26. The van der Waals surface area contributed by atoms with Gasteiger partial charge in [-0.3, -0.25) is 14.2 Å². The Morgan fingerprint density at radius 3 is 2.85 bits per heavy atom. The van der Waals surface area contributed by atoms with Crippen molar-refractivity contribution in [1.82, 2.24) is 9.55 Å². The fraction of sp³-hybridized carbons (Fsp3) is 0.176. The number of fused-ring (bicyclic) bond motifs is 1. The van der Waals surface area contributed by atoms with E-state index in [0.717, 1.165) is 4.57 Å². The molecule has 0 aliphatic heterocycles. The predicted molar refractivity (Wildman–Crippen MR) is 99.9 cm³/mol. The Morgan fingerprint density at radius 1 is 1.35 bits per heavy atom. The fourth-order valence-electron chi connectivity index (χ4n) is 2.35. The number of hydrogen-bond donors (Lipinski definition) is 1. The van der Waals surface area contributed by atoms with Crippen LogP contribution in [0.3, 0.4) is 0 Å². The summed E-state index contributed by atoms with van der Waals surface area (Å²) in [5, 5.41) is 4.72. The van der Waals surface area contributed by atoms with Crippen molar-refractivity contribution in [3.8, 4) is 0 Å². The monoisotopic (exact) mass is 391 g/mol. The zero-order valence-corrected chi connectivity index (χ0v) is 15.3. The Kier molecular flexibility index (Phi) is 5.34. The van der Waals surface area contributed by atoms with Crippen LogP contribution in [0.4, 0.5) is 5.69 Å². The third-order valence-corrected chi connectivity index (χ3v) is 4.73. The van der Waals surface area contributed by atoms with E-state index in [2.05, 4.69) is 10.3 Å². The van der Waals surface area contributed by atoms with E-state index >= 15 is 0 Å². The highest BCUT2D eigenvalue weighted by atomic mass is 35.5. The van der Waals surface area contributed by atoms with Crippen LogP contribution in [0.15, 0.2) is 40.8 Å². The number of rotatable bonds is 5. The molecule has 1 aromatic carbocycles. The van der Waals surface area contributed by atoms with E-state index in [0.29, 0.717) is 15.5 Å². The third kappa shape index (κ3) is 3.61. The van der Waals surface area contributed by atoms with Gasteiger partial charge in [0.15, 0.2) is 0 Å². The number of anilines is 1. The maximum atomic E-state index is 12.7. The highest BCUT2D eigenvalue weighted by molar-refractivity contribution is 7.17. The van der Waals surface area contributed by atoms with Crippen molar-refractivity contribution < 1.29 is 14.3 Å². The van der Waals surface area contributed by atoms with Gasteiger partial charge in [0.25, 0.3) is 5.56 Å². The van der Waals surface area contributed by atoms with Crippen LogP contribution < -0.4 is 10.9 Å². The standard InChI is InChI=1S/C17H14ClN3O4S/c1-2-25-17(24)10-8-26-15-14(10)16(23)21(9-19-15)7-13(22)20-12-6-4-3-5-11(12)18/h3-6,8-9H,2,7H2,1H3,(H,20,22). The number of ether oxygens (including phenoxy) is 1. The maximum Gasteiger partial charge on any atom is 0.339 e. The van der Waals surface area contributed by atoms with E-state index in [4.69, 9.17) is 16.3 Å². The molecule has 0 atom stereocenters. The number of carbonyl (C=O) groups excluding carboxylic acids is 2. The van der Waals surface area contributed by atoms with Gasteiger partial charge >= 0.3 is 5.97 Å². The van der Waals surface area contributed by atoms with Gasteiger partial charge in [0, 0.05) is 5.38 Å². The highest BCUT2D eigenvalue weighted by Gasteiger charge is 2.19. The summed E-state index contributed by atoms with van der Waals surface area (Å²) >= 11 is 7.18. The van der Waals surface area contributed by atoms with Crippen molar-refractivity contribution >= 4 is 50.7 Å². The summed E-state index contributed by atoms with van der Waals surface area (Å²) in [6.45, 7) is 1.62. The first-order valence-corrected chi connectivity index (χ1v) is 8.95. The molecule has 0 aliphatic rings. The number of carbonyl (C=O) groups is 2. The second-order valence-corrected chi connectivity index (χ2v) is 6.52. The van der Waals surface area contributed by atoms with Crippen LogP contribution in [0.1, 0.15) is 17.3 Å². The lowest BCUT2D eigenvalue weighted by atomic mass is 10.2. The van der Waals surface area contributed by atoms with Gasteiger partial charge in [-0.1, -0.05) is 23.7 Å². The first-order chi connectivity index (χ1) is 12.5. The summed E-state index contributed by atoms with van der Waals surface area (Å²) in [6, 6.07) is 6.78. The quantitative estimate of drug-likeness (QED) is 0.675. The summed E-state index contributed by atoms with van der Waals surface area (Å²) < 4.78 is 6.10. The SMILES string of the molecule is CCOC(=O)c1csc2ncn(CC(=O)Nc3ccccc3Cl)c(=O)c12. The number of esters is 1. The highest BCUT2D eigenvalue weighted by Crippen LogP contribution is 2.22. The molecule has 0 radical (unpaired) electrons. The smallest absolute Gasteiger partial charge is 0.339 e. The molecule has 0 spiro atoms. The molecule has 1 N–H and O–H groups in total. The van der Waals surface area contributed by atoms with Crippen molar-refractivity contribution in [2.75, 3.05) is 11.9 Å². The molecule has 1 amide bonds. The summed E-state index contributed by atoms with van der Waals surface area (Å²) in [6.07, 6.45) is 1.28. The number of nitrogens with one attached hydrogen (secondary N) is 1. The maximum absolute atomic E-state index is 12.7. The van der Waals surface area contributed by atoms with Gasteiger partial charge in [0.1, 0.15) is 11.4 Å². The fourth-order valence-corrected chi connectivity index (χ4v) is 3.40. The minimum Gasteiger partial charge on any atom is -0.462 e. The lowest BCUT2D eigenvalue weighted by Gasteiger charge is -2.08. The van der Waals surface area contributed by atoms with Crippen LogP contribution >= 0.6 is 22.9 Å². The lowest BCUT2D eigenvalue weighted by molar-refractivity contribution is -0.116. The molecule has 0 aliphatic carbocycles. The number of nitrogens with zero attached hydrogens (tertiary/aromatic N) is 2. The number of aromatic nitrogens is 2. The third-order valence-electron chi connectivity index (χ3n) is 3.52. The van der Waals surface area contributed by atoms with Crippen LogP contribution in [0.2, 0.25) is 5.02 Å². The molecular formula is C17H14ClN3O4S. The molecule has 7 nitrogen and oxygen atoms in total. The number of benzene rings is 1. The lowest BCUT2D eigenvalue weighted by Crippen LogP contribution is -2.28. The number of para-hydroxylation sites is 1. The van der Waals surface area contributed by atoms with E-state index in [1.807, 2.05) is 0 Å². The minimum atomic E-state index is -0.587. The Morgan fingerprint density at radius 2 is 2.12 bits per heavy atom. The average Bonchev–Trinajstić information content (AvgIpc) is 3.05. The first kappa shape index (κ1) is 18.1. The van der Waals surface area contributed by atoms with Crippen LogP contribution in [0.25, 0.3) is 10.2 Å². The number of halogens is 1. The molecule has 2 heterocycles. The molecule has 3 aromatic rings. The second kappa shape index (κ2) is 7.67. The first-order valence-electron chi connectivity index (χ1n) is 7.69. The van der Waals surface area contributed by atoms with Gasteiger partial charge in [0.05, 0.1) is 34.6 Å². The molecule has 0 saturated heterocycles. The van der Waals surface area contributed by atoms with Gasteiger partial charge < -0.3 is 10.1 Å². The summed E-state index contributed by atoms with van der Waals surface area (Å²) in [7, 11) is 0. The molecule has 2 aromatic heterocycles. The molecule has 0 unspecified atom stereocenters. The zero-order chi connectivity index (χ0) is 18.7. The van der Waals surface area contributed by atoms with Crippen LogP contribution in [0.5, 0.6) is 0 Å². The Labute approximate surface area is 157 Å². The largest absolute Gasteiger partial charge is 0.462 e. The van der Waals surface area contributed by atoms with E-state index in [9.17, 15) is 14.4 Å². The van der Waals surface area contributed by atoms with E-state index in [1.165, 1.54) is 23.0 Å². The normalized spacial score (nSPS) is 10.7. The number of thiophene rings is 1. The van der Waals surface area contributed by atoms with Gasteiger partial charge in [0.2, 0.25) is 5.91 Å². The Balaban J connectivity index is 1.89. The van der Waals surface area contributed by atoms with Crippen molar-refractivity contribution in [3.63, 3.8) is 0 Å². The van der Waals surface area contributed by atoms with Crippen LogP contribution in [-0.2, 0) is 16.1 Å². The molecule has 134 valence electrons. The van der Waals surface area contributed by atoms with E-state index in [-0.39, 0.29) is 24.1 Å². The molecule has 26 heavy (non-hydrogen) atoms. The van der Waals surface area contributed by atoms with Gasteiger partial charge in [-0.05, 0) is 19.1 Å². The summed E-state index contributed by atoms with van der Waals surface area (Å²) in [5.74, 6) is -1.02. The topological polar surface area (TPSA) is 90.3 Å². The summed E-state index contributed by atoms with van der Waals surface area (Å²) in [5.41, 5.74) is 0.128. The average molecular weight is 392 g/mol. The van der Waals surface area contributed by atoms with E-state index < -0.39 is 17.4 Å². The van der Waals surface area contributed by atoms with Gasteiger partial charge in [-0.15, -0.1) is 11.3 Å². The van der Waals surface area contributed by atoms with Crippen LogP contribution in [-0.4, -0.2) is 28.0 Å². The Hall–Kier alpha value is -2.71. The predicted octanol–water partition coefficient (Wildman–Crippen LogP) is 2.93. The van der Waals surface area contributed by atoms with Crippen molar-refractivity contribution in [2.45, 2.75) is 13.5 Å². The molecular weight excluding hydrogens is 378 g/mol. The Bertz CT molecular complexity index is 1040. The number of amides is 1. The van der Waals surface area contributed by atoms with Crippen LogP contribution in [0, 0.1) is 0 Å². The van der Waals surface area contributed by atoms with Crippen molar-refractivity contribution in [2.24, 2.45) is 0 Å². The van der Waals surface area contributed by atoms with Gasteiger partial charge in [-0.25, -0.2) is 9.78 Å². The van der Waals surface area contributed by atoms with Crippen molar-refractivity contribution in [1.29, 1.82) is 0 Å². The molecule has 0 bridgehead atoms. The summed E-state index contributed by atoms with van der Waals surface area (Å²) in [4.78, 5) is 41.5. The molecule has 0 fully saturated rings. The van der Waals surface area contributed by atoms with E-state index in [1.54, 1.807) is 31.2 Å². The molecule has 0 saturated carbocycles. The van der Waals surface area contributed by atoms with Crippen molar-refractivity contribution in [3.05, 3.63) is 56.9 Å². The van der Waals surface area contributed by atoms with Gasteiger partial charge in [-0.2, -0.15) is 0 Å². The zero-order valence-electron chi connectivity index (χ0n) is 13.7. The molecule has 9 heteroatoms. The number of hydrogen-bond acceptors (Lipinski definition) is 6. The molecule has 3 rings (SSSR count).